The molecule has 1 unspecified atom stereocenters. The lowest BCUT2D eigenvalue weighted by molar-refractivity contribution is 0.437. The maximum atomic E-state index is 7.01. The molecule has 258 valence electrons. The second-order valence-electron chi connectivity index (χ2n) is 15.6. The Morgan fingerprint density at radius 1 is 0.537 bits per heavy atom. The Kier molecular flexibility index (Phi) is 6.52. The number of hydrogen-bond acceptors (Lipinski definition) is 4. The van der Waals surface area contributed by atoms with Gasteiger partial charge in [0.25, 0.3) is 0 Å². The summed E-state index contributed by atoms with van der Waals surface area (Å²) in [5, 5.41) is 0. The number of para-hydroxylation sites is 2. The van der Waals surface area contributed by atoms with E-state index in [9.17, 15) is 0 Å². The van der Waals surface area contributed by atoms with Crippen LogP contribution in [0.1, 0.15) is 60.6 Å². The lowest BCUT2D eigenvalue weighted by atomic mass is 9.66. The van der Waals surface area contributed by atoms with Crippen molar-refractivity contribution in [3.63, 3.8) is 0 Å². The van der Waals surface area contributed by atoms with Crippen molar-refractivity contribution >= 4 is 5.57 Å². The zero-order valence-corrected chi connectivity index (χ0v) is 30.5. The number of nitrogens with zero attached hydrogens (tertiary/aromatic N) is 3. The number of hydrogen-bond donors (Lipinski definition) is 0. The molecule has 1 aromatic heterocycles. The van der Waals surface area contributed by atoms with Crippen molar-refractivity contribution in [2.24, 2.45) is 5.92 Å². The average molecular weight is 696 g/mol. The Bertz CT molecular complexity index is 2730. The van der Waals surface area contributed by atoms with E-state index in [4.69, 9.17) is 19.7 Å². The zero-order valence-electron chi connectivity index (χ0n) is 30.5. The van der Waals surface area contributed by atoms with Crippen LogP contribution in [0.3, 0.4) is 0 Å². The molecule has 1 spiro atoms. The van der Waals surface area contributed by atoms with Gasteiger partial charge >= 0.3 is 0 Å². The van der Waals surface area contributed by atoms with E-state index in [1.807, 2.05) is 18.2 Å². The van der Waals surface area contributed by atoms with Crippen molar-refractivity contribution < 1.29 is 4.74 Å². The van der Waals surface area contributed by atoms with E-state index in [-0.39, 0.29) is 5.41 Å². The first kappa shape index (κ1) is 31.2. The molecule has 4 nitrogen and oxygen atoms in total. The molecule has 0 N–H and O–H groups in total. The SMILES string of the molecule is CC1C=CC2=C(C1)C(C)(C)c1cc(-c3nc(-c4ccccc4)nc(-c4cccc5c4Oc4ccccc4C54c5ccccc5-c5ccccc54)n3)ccc12. The zero-order chi connectivity index (χ0) is 36.2. The van der Waals surface area contributed by atoms with Gasteiger partial charge in [0.2, 0.25) is 0 Å². The molecule has 54 heavy (non-hydrogen) atoms. The van der Waals surface area contributed by atoms with Crippen LogP contribution in [-0.4, -0.2) is 15.0 Å². The summed E-state index contributed by atoms with van der Waals surface area (Å²) in [7, 11) is 0. The Morgan fingerprint density at radius 2 is 1.15 bits per heavy atom. The third kappa shape index (κ3) is 4.22. The van der Waals surface area contributed by atoms with Gasteiger partial charge in [-0.05, 0) is 69.5 Å². The minimum absolute atomic E-state index is 0.0836. The quantitative estimate of drug-likeness (QED) is 0.185. The largest absolute Gasteiger partial charge is 0.456 e. The summed E-state index contributed by atoms with van der Waals surface area (Å²) in [6, 6.07) is 49.5. The van der Waals surface area contributed by atoms with Gasteiger partial charge in [-0.15, -0.1) is 0 Å². The molecule has 4 heteroatoms. The second-order valence-corrected chi connectivity index (χ2v) is 15.6. The minimum Gasteiger partial charge on any atom is -0.456 e. The third-order valence-corrected chi connectivity index (χ3v) is 12.2. The number of ether oxygens (including phenoxy) is 1. The van der Waals surface area contributed by atoms with E-state index in [2.05, 4.69) is 154 Å². The van der Waals surface area contributed by atoms with Crippen LogP contribution in [-0.2, 0) is 10.8 Å². The lowest BCUT2D eigenvalue weighted by Crippen LogP contribution is -2.32. The van der Waals surface area contributed by atoms with Crippen molar-refractivity contribution in [1.82, 2.24) is 15.0 Å². The highest BCUT2D eigenvalue weighted by Gasteiger charge is 2.51. The Morgan fingerprint density at radius 3 is 1.91 bits per heavy atom. The summed E-state index contributed by atoms with van der Waals surface area (Å²) in [6.45, 7) is 7.02. The summed E-state index contributed by atoms with van der Waals surface area (Å²) in [6.07, 6.45) is 5.75. The molecular weight excluding hydrogens is 659 g/mol. The highest BCUT2D eigenvalue weighted by Crippen LogP contribution is 2.63. The number of fused-ring (bicyclic) bond motifs is 11. The molecule has 7 aromatic rings. The van der Waals surface area contributed by atoms with Crippen LogP contribution in [0.2, 0.25) is 0 Å². The third-order valence-electron chi connectivity index (χ3n) is 12.2. The number of allylic oxidation sites excluding steroid dienone is 4. The van der Waals surface area contributed by atoms with E-state index in [1.165, 1.54) is 44.5 Å². The first-order chi connectivity index (χ1) is 26.4. The summed E-state index contributed by atoms with van der Waals surface area (Å²) in [5.41, 5.74) is 14.8. The molecule has 3 aliphatic carbocycles. The van der Waals surface area contributed by atoms with Gasteiger partial charge in [0.1, 0.15) is 11.5 Å². The number of benzene rings is 6. The van der Waals surface area contributed by atoms with Crippen molar-refractivity contribution in [3.05, 3.63) is 191 Å². The van der Waals surface area contributed by atoms with Crippen molar-refractivity contribution in [3.8, 4) is 56.8 Å². The fourth-order valence-corrected chi connectivity index (χ4v) is 9.70. The average Bonchev–Trinajstić information content (AvgIpc) is 3.63. The second kappa shape index (κ2) is 11.3. The lowest BCUT2D eigenvalue weighted by Gasteiger charge is -2.39. The highest BCUT2D eigenvalue weighted by molar-refractivity contribution is 5.91. The van der Waals surface area contributed by atoms with Crippen LogP contribution in [0, 0.1) is 5.92 Å². The van der Waals surface area contributed by atoms with Crippen molar-refractivity contribution in [1.29, 1.82) is 0 Å². The van der Waals surface area contributed by atoms with E-state index in [0.29, 0.717) is 23.4 Å². The van der Waals surface area contributed by atoms with Gasteiger partial charge in [-0.1, -0.05) is 160 Å². The maximum Gasteiger partial charge on any atom is 0.167 e. The van der Waals surface area contributed by atoms with Crippen LogP contribution in [0.15, 0.2) is 157 Å². The molecule has 0 fully saturated rings. The van der Waals surface area contributed by atoms with Gasteiger partial charge < -0.3 is 4.74 Å². The standard InChI is InChI=1S/C50H37N3O/c1-30-24-26-35-36-27-25-32(29-43(36)49(2,3)42(35)28-30)47-51-46(31-14-5-4-6-15-31)52-48(53-47)37-18-13-22-41-45(37)54-44-23-12-11-21-40(44)50(41)38-19-9-7-16-33(38)34-17-8-10-20-39(34)50/h4-27,29-30H,28H2,1-3H3. The van der Waals surface area contributed by atoms with Crippen LogP contribution in [0.5, 0.6) is 11.5 Å². The molecule has 1 aliphatic heterocycles. The highest BCUT2D eigenvalue weighted by atomic mass is 16.5. The summed E-state index contributed by atoms with van der Waals surface area (Å²) in [5.74, 6) is 4.00. The monoisotopic (exact) mass is 695 g/mol. The molecule has 0 saturated carbocycles. The molecule has 0 bridgehead atoms. The Labute approximate surface area is 315 Å². The molecule has 1 atom stereocenters. The fourth-order valence-electron chi connectivity index (χ4n) is 9.70. The molecule has 4 aliphatic rings. The van der Waals surface area contributed by atoms with E-state index >= 15 is 0 Å². The molecule has 0 radical (unpaired) electrons. The summed E-state index contributed by atoms with van der Waals surface area (Å²) >= 11 is 0. The first-order valence-corrected chi connectivity index (χ1v) is 18.9. The van der Waals surface area contributed by atoms with E-state index < -0.39 is 5.41 Å². The van der Waals surface area contributed by atoms with Gasteiger partial charge in [-0.2, -0.15) is 0 Å². The molecular formula is C50H37N3O. The van der Waals surface area contributed by atoms with E-state index in [1.54, 1.807) is 0 Å². The molecule has 2 heterocycles. The predicted octanol–water partition coefficient (Wildman–Crippen LogP) is 12.0. The Balaban J connectivity index is 1.14. The van der Waals surface area contributed by atoms with Gasteiger partial charge in [0.05, 0.1) is 11.0 Å². The van der Waals surface area contributed by atoms with Crippen LogP contribution in [0.25, 0.3) is 50.9 Å². The first-order valence-electron chi connectivity index (χ1n) is 18.9. The topological polar surface area (TPSA) is 47.9 Å². The summed E-state index contributed by atoms with van der Waals surface area (Å²) in [4.78, 5) is 15.7. The molecule has 6 aromatic carbocycles. The van der Waals surface area contributed by atoms with Crippen LogP contribution in [0.4, 0.5) is 0 Å². The van der Waals surface area contributed by atoms with Crippen LogP contribution >= 0.6 is 0 Å². The van der Waals surface area contributed by atoms with Gasteiger partial charge in [-0.3, -0.25) is 0 Å². The van der Waals surface area contributed by atoms with Crippen molar-refractivity contribution in [2.45, 2.75) is 38.0 Å². The maximum absolute atomic E-state index is 7.01. The van der Waals surface area contributed by atoms with Crippen LogP contribution < -0.4 is 4.74 Å². The molecule has 0 amide bonds. The van der Waals surface area contributed by atoms with Gasteiger partial charge in [0.15, 0.2) is 17.5 Å². The fraction of sp³-hybridized carbons (Fsp3) is 0.140. The smallest absolute Gasteiger partial charge is 0.167 e. The number of rotatable bonds is 3. The van der Waals surface area contributed by atoms with Crippen molar-refractivity contribution in [2.75, 3.05) is 0 Å². The Hall–Kier alpha value is -6.39. The molecule has 11 rings (SSSR count). The van der Waals surface area contributed by atoms with Gasteiger partial charge in [0, 0.05) is 27.7 Å². The summed E-state index contributed by atoms with van der Waals surface area (Å²) < 4.78 is 7.01. The number of aromatic nitrogens is 3. The minimum atomic E-state index is -0.574. The van der Waals surface area contributed by atoms with E-state index in [0.717, 1.165) is 45.7 Å². The molecule has 0 saturated heterocycles. The van der Waals surface area contributed by atoms with Gasteiger partial charge in [-0.25, -0.2) is 15.0 Å². The normalized spacial score (nSPS) is 17.6. The predicted molar refractivity (Wildman–Crippen MR) is 216 cm³/mol.